The summed E-state index contributed by atoms with van der Waals surface area (Å²) in [6.45, 7) is 1.43. The molecule has 146 valence electrons. The van der Waals surface area contributed by atoms with Gasteiger partial charge in [-0.25, -0.2) is 12.7 Å². The molecule has 1 aromatic carbocycles. The lowest BCUT2D eigenvalue weighted by atomic mass is 10.2. The summed E-state index contributed by atoms with van der Waals surface area (Å²) in [5.74, 6) is -0.515. The van der Waals surface area contributed by atoms with Crippen molar-refractivity contribution >= 4 is 33.2 Å². The van der Waals surface area contributed by atoms with Crippen molar-refractivity contribution < 1.29 is 26.4 Å². The van der Waals surface area contributed by atoms with Gasteiger partial charge in [0.2, 0.25) is 15.9 Å². The van der Waals surface area contributed by atoms with Crippen LogP contribution in [0.15, 0.2) is 18.2 Å². The highest BCUT2D eigenvalue weighted by Gasteiger charge is 2.31. The summed E-state index contributed by atoms with van der Waals surface area (Å²) >= 11 is 5.86. The molecule has 6 nitrogen and oxygen atoms in total. The average molecular weight is 414 g/mol. The number of sulfonamides is 1. The first-order valence-electron chi connectivity index (χ1n) is 7.81. The molecule has 1 aliphatic heterocycles. The first-order chi connectivity index (χ1) is 12.0. The standard InChI is InChI=1S/C15H19ClF3N3O3S/c1-26(24,25)22-6-2-5-21(7-8-22)10-14(23)20-13-9-11(15(17,18)19)3-4-12(13)16/h3-4,9H,2,5-8,10H2,1H3,(H,20,23). The smallest absolute Gasteiger partial charge is 0.324 e. The van der Waals surface area contributed by atoms with Crippen molar-refractivity contribution in [1.82, 2.24) is 9.21 Å². The molecule has 0 saturated carbocycles. The molecule has 0 atom stereocenters. The molecular weight excluding hydrogens is 395 g/mol. The molecule has 2 rings (SSSR count). The van der Waals surface area contributed by atoms with Crippen LogP contribution in [0.5, 0.6) is 0 Å². The Morgan fingerprint density at radius 2 is 1.92 bits per heavy atom. The molecule has 0 aromatic heterocycles. The second-order valence-corrected chi connectivity index (χ2v) is 8.42. The van der Waals surface area contributed by atoms with Crippen molar-refractivity contribution in [3.8, 4) is 0 Å². The summed E-state index contributed by atoms with van der Waals surface area (Å²) in [6, 6.07) is 2.70. The zero-order valence-corrected chi connectivity index (χ0v) is 15.6. The van der Waals surface area contributed by atoms with Crippen molar-refractivity contribution in [2.24, 2.45) is 0 Å². The molecule has 1 aromatic rings. The number of hydrogen-bond acceptors (Lipinski definition) is 4. The fourth-order valence-corrected chi connectivity index (χ4v) is 3.67. The third-order valence-electron chi connectivity index (χ3n) is 3.95. The second kappa shape index (κ2) is 8.12. The Labute approximate surface area is 155 Å². The number of carbonyl (C=O) groups excluding carboxylic acids is 1. The molecule has 1 aliphatic rings. The summed E-state index contributed by atoms with van der Waals surface area (Å²) in [7, 11) is -3.29. The minimum absolute atomic E-state index is 0.00506. The Kier molecular flexibility index (Phi) is 6.54. The van der Waals surface area contributed by atoms with Crippen LogP contribution in [0, 0.1) is 0 Å². The Balaban J connectivity index is 1.99. The molecule has 1 heterocycles. The van der Waals surface area contributed by atoms with Crippen LogP contribution in [0.4, 0.5) is 18.9 Å². The van der Waals surface area contributed by atoms with Gasteiger partial charge in [0.15, 0.2) is 0 Å². The predicted octanol–water partition coefficient (Wildman–Crippen LogP) is 2.26. The summed E-state index contributed by atoms with van der Waals surface area (Å²) in [5.41, 5.74) is -1.02. The van der Waals surface area contributed by atoms with Crippen LogP contribution >= 0.6 is 11.6 Å². The minimum atomic E-state index is -4.54. The first-order valence-corrected chi connectivity index (χ1v) is 10.0. The molecule has 1 fully saturated rings. The van der Waals surface area contributed by atoms with Crippen LogP contribution in [0.1, 0.15) is 12.0 Å². The maximum atomic E-state index is 12.8. The van der Waals surface area contributed by atoms with E-state index >= 15 is 0 Å². The fourth-order valence-electron chi connectivity index (χ4n) is 2.63. The molecule has 0 aliphatic carbocycles. The van der Waals surface area contributed by atoms with E-state index in [9.17, 15) is 26.4 Å². The Hall–Kier alpha value is -1.36. The van der Waals surface area contributed by atoms with Crippen molar-refractivity contribution in [3.63, 3.8) is 0 Å². The molecule has 1 saturated heterocycles. The van der Waals surface area contributed by atoms with E-state index in [1.54, 1.807) is 4.90 Å². The summed E-state index contributed by atoms with van der Waals surface area (Å²) in [4.78, 5) is 13.9. The second-order valence-electron chi connectivity index (χ2n) is 6.03. The number of alkyl halides is 3. The van der Waals surface area contributed by atoms with E-state index < -0.39 is 27.7 Å². The van der Waals surface area contributed by atoms with Gasteiger partial charge in [0, 0.05) is 19.6 Å². The third-order valence-corrected chi connectivity index (χ3v) is 5.58. The van der Waals surface area contributed by atoms with E-state index in [4.69, 9.17) is 11.6 Å². The largest absolute Gasteiger partial charge is 0.416 e. The van der Waals surface area contributed by atoms with Gasteiger partial charge in [-0.2, -0.15) is 13.2 Å². The summed E-state index contributed by atoms with van der Waals surface area (Å²) in [6.07, 6.45) is -2.85. The van der Waals surface area contributed by atoms with Gasteiger partial charge in [-0.1, -0.05) is 11.6 Å². The zero-order valence-electron chi connectivity index (χ0n) is 14.0. The number of halogens is 4. The van der Waals surface area contributed by atoms with Crippen molar-refractivity contribution in [3.05, 3.63) is 28.8 Å². The van der Waals surface area contributed by atoms with E-state index in [1.165, 1.54) is 4.31 Å². The normalized spacial score (nSPS) is 17.7. The molecule has 1 amide bonds. The Morgan fingerprint density at radius 3 is 2.54 bits per heavy atom. The van der Waals surface area contributed by atoms with Crippen molar-refractivity contribution in [2.75, 3.05) is 44.3 Å². The SMILES string of the molecule is CS(=O)(=O)N1CCCN(CC(=O)Nc2cc(C(F)(F)F)ccc2Cl)CC1. The number of hydrogen-bond donors (Lipinski definition) is 1. The number of carbonyl (C=O) groups is 1. The van der Waals surface area contributed by atoms with Gasteiger partial charge < -0.3 is 5.32 Å². The molecule has 0 unspecified atom stereocenters. The van der Waals surface area contributed by atoms with Crippen LogP contribution < -0.4 is 5.32 Å². The topological polar surface area (TPSA) is 69.7 Å². The number of benzene rings is 1. The Bertz CT molecular complexity index is 771. The van der Waals surface area contributed by atoms with Gasteiger partial charge in [-0.3, -0.25) is 9.69 Å². The molecule has 0 spiro atoms. The van der Waals surface area contributed by atoms with E-state index in [0.29, 0.717) is 26.1 Å². The highest BCUT2D eigenvalue weighted by molar-refractivity contribution is 7.88. The van der Waals surface area contributed by atoms with Gasteiger partial charge in [0.25, 0.3) is 0 Å². The van der Waals surface area contributed by atoms with E-state index in [-0.39, 0.29) is 23.8 Å². The van der Waals surface area contributed by atoms with Crippen LogP contribution in [0.25, 0.3) is 0 Å². The monoisotopic (exact) mass is 413 g/mol. The molecule has 0 radical (unpaired) electrons. The molecule has 26 heavy (non-hydrogen) atoms. The maximum absolute atomic E-state index is 12.8. The van der Waals surface area contributed by atoms with Crippen molar-refractivity contribution in [1.29, 1.82) is 0 Å². The number of nitrogens with one attached hydrogen (secondary N) is 1. The lowest BCUT2D eigenvalue weighted by Crippen LogP contribution is -2.37. The number of anilines is 1. The summed E-state index contributed by atoms with van der Waals surface area (Å²) < 4.78 is 62.8. The van der Waals surface area contributed by atoms with Gasteiger partial charge in [0.1, 0.15) is 0 Å². The van der Waals surface area contributed by atoms with E-state index in [0.717, 1.165) is 24.5 Å². The third kappa shape index (κ3) is 5.83. The molecular formula is C15H19ClF3N3O3S. The lowest BCUT2D eigenvalue weighted by Gasteiger charge is -2.20. The van der Waals surface area contributed by atoms with Gasteiger partial charge >= 0.3 is 6.18 Å². The van der Waals surface area contributed by atoms with Crippen LogP contribution in [-0.2, 0) is 21.0 Å². The summed E-state index contributed by atoms with van der Waals surface area (Å²) in [5, 5.41) is 2.39. The van der Waals surface area contributed by atoms with Crippen molar-refractivity contribution in [2.45, 2.75) is 12.6 Å². The van der Waals surface area contributed by atoms with Crippen LogP contribution in [0.3, 0.4) is 0 Å². The molecule has 11 heteroatoms. The number of nitrogens with zero attached hydrogens (tertiary/aromatic N) is 2. The zero-order chi connectivity index (χ0) is 19.5. The van der Waals surface area contributed by atoms with Gasteiger partial charge in [-0.05, 0) is 31.2 Å². The van der Waals surface area contributed by atoms with Crippen LogP contribution in [-0.4, -0.2) is 62.5 Å². The van der Waals surface area contributed by atoms with Crippen LogP contribution in [0.2, 0.25) is 5.02 Å². The average Bonchev–Trinajstić information content (AvgIpc) is 2.73. The highest BCUT2D eigenvalue weighted by atomic mass is 35.5. The van der Waals surface area contributed by atoms with E-state index in [1.807, 2.05) is 0 Å². The highest BCUT2D eigenvalue weighted by Crippen LogP contribution is 2.33. The van der Waals surface area contributed by atoms with Gasteiger partial charge in [-0.15, -0.1) is 0 Å². The van der Waals surface area contributed by atoms with E-state index in [2.05, 4.69) is 5.32 Å². The lowest BCUT2D eigenvalue weighted by molar-refractivity contribution is -0.137. The Morgan fingerprint density at radius 1 is 1.23 bits per heavy atom. The fraction of sp³-hybridized carbons (Fsp3) is 0.533. The minimum Gasteiger partial charge on any atom is -0.324 e. The van der Waals surface area contributed by atoms with Gasteiger partial charge in [0.05, 0.1) is 29.1 Å². The molecule has 1 N–H and O–H groups in total. The molecule has 0 bridgehead atoms. The first kappa shape index (κ1) is 20.9. The number of amides is 1. The maximum Gasteiger partial charge on any atom is 0.416 e. The quantitative estimate of drug-likeness (QED) is 0.822. The number of rotatable bonds is 4. The predicted molar refractivity (Wildman–Crippen MR) is 92.6 cm³/mol.